The van der Waals surface area contributed by atoms with Crippen LogP contribution in [-0.2, 0) is 10.9 Å². The average molecular weight is 338 g/mol. The van der Waals surface area contributed by atoms with Gasteiger partial charge in [-0.05, 0) is 23.4 Å². The van der Waals surface area contributed by atoms with Crippen molar-refractivity contribution in [3.63, 3.8) is 0 Å². The minimum Gasteiger partial charge on any atom is -0.465 e. The first-order valence-corrected chi connectivity index (χ1v) is 6.27. The number of carbonyl (C=O) groups is 1. The first-order chi connectivity index (χ1) is 11.4. The number of hydrogen-bond donors (Lipinski definition) is 2. The van der Waals surface area contributed by atoms with Gasteiger partial charge < -0.3 is 10.1 Å². The third-order valence-electron chi connectivity index (χ3n) is 2.83. The second-order valence-electron chi connectivity index (χ2n) is 4.30. The minimum atomic E-state index is -4.60. The van der Waals surface area contributed by atoms with Crippen LogP contribution in [0.1, 0.15) is 21.7 Å². The first kappa shape index (κ1) is 16.9. The van der Waals surface area contributed by atoms with Crippen molar-refractivity contribution in [2.24, 2.45) is 0 Å². The number of benzene rings is 1. The van der Waals surface area contributed by atoms with Gasteiger partial charge in [0.25, 0.3) is 0 Å². The Bertz CT molecular complexity index is 808. The number of allylic oxidation sites excluding steroid dienone is 1. The number of H-pyrrole nitrogens is 1. The van der Waals surface area contributed by atoms with Crippen LogP contribution < -0.4 is 5.32 Å². The monoisotopic (exact) mass is 338 g/mol. The van der Waals surface area contributed by atoms with Crippen LogP contribution >= 0.6 is 0 Å². The SMILES string of the molecule is COC(=O)c1ccc(C(F)(F)F)cc1NC=C(C#N)c1nn[nH]n1. The Balaban J connectivity index is 2.43. The fraction of sp³-hybridized carbons (Fsp3) is 0.154. The number of aromatic amines is 1. The highest BCUT2D eigenvalue weighted by Gasteiger charge is 2.31. The molecular formula is C13H9F3N6O2. The van der Waals surface area contributed by atoms with Crippen LogP contribution in [0.2, 0.25) is 0 Å². The molecule has 1 heterocycles. The molecule has 0 spiro atoms. The molecule has 0 radical (unpaired) electrons. The van der Waals surface area contributed by atoms with E-state index in [-0.39, 0.29) is 22.6 Å². The van der Waals surface area contributed by atoms with E-state index in [2.05, 4.69) is 30.7 Å². The summed E-state index contributed by atoms with van der Waals surface area (Å²) in [7, 11) is 1.10. The molecule has 124 valence electrons. The summed E-state index contributed by atoms with van der Waals surface area (Å²) in [4.78, 5) is 11.7. The van der Waals surface area contributed by atoms with Gasteiger partial charge in [-0.15, -0.1) is 10.2 Å². The number of ether oxygens (including phenoxy) is 1. The summed E-state index contributed by atoms with van der Waals surface area (Å²) in [5.74, 6) is -0.894. The second kappa shape index (κ2) is 6.78. The molecule has 8 nitrogen and oxygen atoms in total. The topological polar surface area (TPSA) is 117 Å². The lowest BCUT2D eigenvalue weighted by molar-refractivity contribution is -0.137. The zero-order valence-corrected chi connectivity index (χ0v) is 12.0. The number of esters is 1. The molecule has 2 N–H and O–H groups in total. The van der Waals surface area contributed by atoms with Gasteiger partial charge >= 0.3 is 12.1 Å². The molecule has 0 aliphatic rings. The zero-order valence-electron chi connectivity index (χ0n) is 12.0. The molecular weight excluding hydrogens is 329 g/mol. The lowest BCUT2D eigenvalue weighted by Crippen LogP contribution is -2.10. The van der Waals surface area contributed by atoms with Gasteiger partial charge in [0, 0.05) is 6.20 Å². The summed E-state index contributed by atoms with van der Waals surface area (Å²) >= 11 is 0. The molecule has 2 aromatic rings. The van der Waals surface area contributed by atoms with Crippen LogP contribution in [0.5, 0.6) is 0 Å². The Morgan fingerprint density at radius 3 is 2.75 bits per heavy atom. The highest BCUT2D eigenvalue weighted by Crippen LogP contribution is 2.32. The molecule has 0 bridgehead atoms. The average Bonchev–Trinajstić information content (AvgIpc) is 3.08. The van der Waals surface area contributed by atoms with E-state index in [1.807, 2.05) is 0 Å². The summed E-state index contributed by atoms with van der Waals surface area (Å²) in [6, 6.07) is 4.22. The lowest BCUT2D eigenvalue weighted by Gasteiger charge is -2.12. The normalized spacial score (nSPS) is 11.7. The zero-order chi connectivity index (χ0) is 17.7. The third-order valence-corrected chi connectivity index (χ3v) is 2.83. The van der Waals surface area contributed by atoms with Gasteiger partial charge in [-0.2, -0.15) is 23.6 Å². The molecule has 0 atom stereocenters. The molecule has 0 saturated heterocycles. The molecule has 0 unspecified atom stereocenters. The molecule has 0 saturated carbocycles. The number of rotatable bonds is 4. The predicted molar refractivity (Wildman–Crippen MR) is 74.2 cm³/mol. The van der Waals surface area contributed by atoms with Gasteiger partial charge in [0.15, 0.2) is 0 Å². The summed E-state index contributed by atoms with van der Waals surface area (Å²) in [5.41, 5.74) is -1.39. The number of carbonyl (C=O) groups excluding carboxylic acids is 1. The number of nitrogens with one attached hydrogen (secondary N) is 2. The highest BCUT2D eigenvalue weighted by atomic mass is 19.4. The van der Waals surface area contributed by atoms with Crippen LogP contribution in [0, 0.1) is 11.3 Å². The van der Waals surface area contributed by atoms with Crippen molar-refractivity contribution < 1.29 is 22.7 Å². The molecule has 2 rings (SSSR count). The molecule has 11 heteroatoms. The third kappa shape index (κ3) is 3.67. The van der Waals surface area contributed by atoms with Crippen molar-refractivity contribution in [2.75, 3.05) is 12.4 Å². The second-order valence-corrected chi connectivity index (χ2v) is 4.30. The van der Waals surface area contributed by atoms with E-state index in [0.717, 1.165) is 31.5 Å². The number of halogens is 3. The van der Waals surface area contributed by atoms with Crippen molar-refractivity contribution in [3.05, 3.63) is 41.4 Å². The number of methoxy groups -OCH3 is 1. The van der Waals surface area contributed by atoms with Gasteiger partial charge in [0.05, 0.1) is 23.9 Å². The quantitative estimate of drug-likeness (QED) is 0.646. The van der Waals surface area contributed by atoms with Gasteiger partial charge in [-0.3, -0.25) is 0 Å². The van der Waals surface area contributed by atoms with E-state index in [4.69, 9.17) is 5.26 Å². The maximum atomic E-state index is 12.8. The van der Waals surface area contributed by atoms with E-state index in [0.29, 0.717) is 0 Å². The van der Waals surface area contributed by atoms with Crippen molar-refractivity contribution in [1.82, 2.24) is 20.6 Å². The highest BCUT2D eigenvalue weighted by molar-refractivity contribution is 5.96. The van der Waals surface area contributed by atoms with Crippen molar-refractivity contribution in [1.29, 1.82) is 5.26 Å². The molecule has 1 aromatic carbocycles. The fourth-order valence-electron chi connectivity index (χ4n) is 1.70. The van der Waals surface area contributed by atoms with Crippen LogP contribution in [-0.4, -0.2) is 33.7 Å². The van der Waals surface area contributed by atoms with E-state index in [1.165, 1.54) is 0 Å². The Morgan fingerprint density at radius 1 is 1.46 bits per heavy atom. The Kier molecular flexibility index (Phi) is 4.78. The smallest absolute Gasteiger partial charge is 0.416 e. The van der Waals surface area contributed by atoms with Crippen molar-refractivity contribution >= 4 is 17.2 Å². The summed E-state index contributed by atoms with van der Waals surface area (Å²) in [5, 5.41) is 24.1. The predicted octanol–water partition coefficient (Wildman–Crippen LogP) is 1.98. The molecule has 1 aromatic heterocycles. The van der Waals surface area contributed by atoms with E-state index < -0.39 is 17.7 Å². The number of nitriles is 1. The van der Waals surface area contributed by atoms with Crippen LogP contribution in [0.3, 0.4) is 0 Å². The Labute approximate surface area is 132 Å². The van der Waals surface area contributed by atoms with Crippen LogP contribution in [0.4, 0.5) is 18.9 Å². The lowest BCUT2D eigenvalue weighted by atomic mass is 10.1. The van der Waals surface area contributed by atoms with E-state index >= 15 is 0 Å². The van der Waals surface area contributed by atoms with E-state index in [9.17, 15) is 18.0 Å². The number of tetrazole rings is 1. The summed E-state index contributed by atoms with van der Waals surface area (Å²) in [6.45, 7) is 0. The van der Waals surface area contributed by atoms with Crippen LogP contribution in [0.15, 0.2) is 24.4 Å². The number of anilines is 1. The number of aromatic nitrogens is 4. The minimum absolute atomic E-state index is 0.0587. The van der Waals surface area contributed by atoms with Gasteiger partial charge in [0.2, 0.25) is 5.82 Å². The largest absolute Gasteiger partial charge is 0.465 e. The van der Waals surface area contributed by atoms with Crippen LogP contribution in [0.25, 0.3) is 5.57 Å². The molecule has 0 fully saturated rings. The maximum Gasteiger partial charge on any atom is 0.416 e. The van der Waals surface area contributed by atoms with Gasteiger partial charge in [-0.25, -0.2) is 4.79 Å². The van der Waals surface area contributed by atoms with Crippen molar-refractivity contribution in [3.8, 4) is 6.07 Å². The standard InChI is InChI=1S/C13H9F3N6O2/c1-24-12(23)9-3-2-8(13(14,15)16)4-10(9)18-6-7(5-17)11-19-21-22-20-11/h2-4,6,18H,1H3,(H,19,20,21,22). The summed E-state index contributed by atoms with van der Waals surface area (Å²) in [6.07, 6.45) is -3.53. The molecule has 24 heavy (non-hydrogen) atoms. The summed E-state index contributed by atoms with van der Waals surface area (Å²) < 4.78 is 43.0. The molecule has 0 amide bonds. The molecule has 0 aliphatic carbocycles. The van der Waals surface area contributed by atoms with Gasteiger partial charge in [-0.1, -0.05) is 0 Å². The fourth-order valence-corrected chi connectivity index (χ4v) is 1.70. The van der Waals surface area contributed by atoms with Gasteiger partial charge in [0.1, 0.15) is 11.6 Å². The van der Waals surface area contributed by atoms with E-state index in [1.54, 1.807) is 6.07 Å². The number of alkyl halides is 3. The molecule has 0 aliphatic heterocycles. The number of nitrogens with zero attached hydrogens (tertiary/aromatic N) is 4. The number of hydrogen-bond acceptors (Lipinski definition) is 7. The Morgan fingerprint density at radius 2 is 2.21 bits per heavy atom. The Hall–Kier alpha value is -3.42. The first-order valence-electron chi connectivity index (χ1n) is 6.27. The maximum absolute atomic E-state index is 12.8. The van der Waals surface area contributed by atoms with Crippen molar-refractivity contribution in [2.45, 2.75) is 6.18 Å².